The number of rotatable bonds is 2. The van der Waals surface area contributed by atoms with Gasteiger partial charge in [0.25, 0.3) is 0 Å². The number of fused-ring (bicyclic) bond motifs is 1. The number of ether oxygens (including phenoxy) is 1. The highest BCUT2D eigenvalue weighted by Gasteiger charge is 2.58. The molecule has 2 nitrogen and oxygen atoms in total. The lowest BCUT2D eigenvalue weighted by Gasteiger charge is -2.44. The van der Waals surface area contributed by atoms with E-state index in [1.807, 2.05) is 52.0 Å². The molecule has 1 saturated heterocycles. The Hall–Kier alpha value is -1.22. The first-order valence-electron chi connectivity index (χ1n) is 10.7. The van der Waals surface area contributed by atoms with E-state index in [9.17, 15) is 4.79 Å². The lowest BCUT2D eigenvalue weighted by atomic mass is 9.57. The van der Waals surface area contributed by atoms with Crippen LogP contribution in [0.3, 0.4) is 0 Å². The van der Waals surface area contributed by atoms with E-state index in [1.165, 1.54) is 0 Å². The number of esters is 1. The zero-order valence-corrected chi connectivity index (χ0v) is 20.1. The van der Waals surface area contributed by atoms with Crippen molar-refractivity contribution < 1.29 is 9.53 Å². The molecule has 1 aromatic carbocycles. The number of halogens is 3. The first-order chi connectivity index (χ1) is 14.3. The number of cyclic esters (lactones) is 1. The van der Waals surface area contributed by atoms with Crippen LogP contribution in [0.5, 0.6) is 0 Å². The largest absolute Gasteiger partial charge is 0.462 e. The Morgan fingerprint density at radius 3 is 2.57 bits per heavy atom. The molecule has 6 atom stereocenters. The summed E-state index contributed by atoms with van der Waals surface area (Å²) in [6, 6.07) is 5.67. The van der Waals surface area contributed by atoms with Crippen molar-refractivity contribution in [2.24, 2.45) is 23.2 Å². The maximum Gasteiger partial charge on any atom is 0.316 e. The summed E-state index contributed by atoms with van der Waals surface area (Å²) in [5.41, 5.74) is 0.425. The topological polar surface area (TPSA) is 26.3 Å². The fraction of sp³-hybridized carbons (Fsp3) is 0.480. The molecule has 0 saturated carbocycles. The molecule has 3 aliphatic rings. The summed E-state index contributed by atoms with van der Waals surface area (Å²) in [6.07, 6.45) is 12.1. The molecule has 2 aliphatic carbocycles. The van der Waals surface area contributed by atoms with E-state index in [0.29, 0.717) is 10.0 Å². The van der Waals surface area contributed by atoms with Crippen LogP contribution in [0.15, 0.2) is 53.6 Å². The highest BCUT2D eigenvalue weighted by molar-refractivity contribution is 6.35. The first kappa shape index (κ1) is 23.4. The number of carbonyl (C=O) groups is 1. The third-order valence-electron chi connectivity index (χ3n) is 6.57. The lowest BCUT2D eigenvalue weighted by Crippen LogP contribution is -2.43. The van der Waals surface area contributed by atoms with E-state index >= 15 is 0 Å². The minimum absolute atomic E-state index is 0.0632. The Morgan fingerprint density at radius 2 is 1.87 bits per heavy atom. The van der Waals surface area contributed by atoms with E-state index in [-0.39, 0.29) is 35.7 Å². The van der Waals surface area contributed by atoms with Crippen molar-refractivity contribution in [1.82, 2.24) is 0 Å². The van der Waals surface area contributed by atoms with Crippen molar-refractivity contribution in [3.8, 4) is 0 Å². The Labute approximate surface area is 194 Å². The monoisotopic (exact) mass is 466 g/mol. The van der Waals surface area contributed by atoms with Crippen LogP contribution < -0.4 is 0 Å². The molecule has 0 bridgehead atoms. The lowest BCUT2D eigenvalue weighted by molar-refractivity contribution is -0.146. The summed E-state index contributed by atoms with van der Waals surface area (Å²) in [5, 5.41) is 2.04. The average Bonchev–Trinajstić information content (AvgIpc) is 2.85. The van der Waals surface area contributed by atoms with Gasteiger partial charge in [0, 0.05) is 26.9 Å². The Kier molecular flexibility index (Phi) is 7.43. The summed E-state index contributed by atoms with van der Waals surface area (Å²) in [6.45, 7) is 8.00. The first-order valence-corrected chi connectivity index (χ1v) is 11.8. The van der Waals surface area contributed by atoms with Crippen LogP contribution in [0.2, 0.25) is 10.0 Å². The molecule has 1 fully saturated rings. The van der Waals surface area contributed by atoms with E-state index in [0.717, 1.165) is 23.4 Å². The maximum absolute atomic E-state index is 12.7. The van der Waals surface area contributed by atoms with Crippen molar-refractivity contribution in [2.45, 2.75) is 52.6 Å². The molecule has 0 N–H and O–H groups in total. The summed E-state index contributed by atoms with van der Waals surface area (Å²) < 4.78 is 5.71. The minimum Gasteiger partial charge on any atom is -0.462 e. The van der Waals surface area contributed by atoms with Gasteiger partial charge in [-0.05, 0) is 62.3 Å². The molecule has 0 aromatic heterocycles. The predicted octanol–water partition coefficient (Wildman–Crippen LogP) is 7.95. The summed E-state index contributed by atoms with van der Waals surface area (Å²) >= 11 is 19.0. The van der Waals surface area contributed by atoms with Crippen LogP contribution in [-0.4, -0.2) is 12.1 Å². The Bertz CT molecular complexity index is 888. The molecule has 1 aliphatic heterocycles. The SMILES string of the molecule is CC.CC1OC(=O)C2(C)C=CC(c3ccc(Cl)cc3Cl)C(C3C=CC(Cl)=CCC3)C12. The molecular formula is C25H29Cl3O2. The van der Waals surface area contributed by atoms with Crippen molar-refractivity contribution >= 4 is 40.8 Å². The second-order valence-corrected chi connectivity index (χ2v) is 9.52. The van der Waals surface area contributed by atoms with Gasteiger partial charge in [-0.2, -0.15) is 0 Å². The quantitative estimate of drug-likeness (QED) is 0.326. The predicted molar refractivity (Wildman–Crippen MR) is 126 cm³/mol. The highest BCUT2D eigenvalue weighted by atomic mass is 35.5. The van der Waals surface area contributed by atoms with Gasteiger partial charge in [0.1, 0.15) is 6.10 Å². The maximum atomic E-state index is 12.7. The van der Waals surface area contributed by atoms with Crippen LogP contribution in [0.25, 0.3) is 0 Å². The van der Waals surface area contributed by atoms with E-state index < -0.39 is 5.41 Å². The van der Waals surface area contributed by atoms with Gasteiger partial charge in [-0.3, -0.25) is 4.79 Å². The molecule has 1 heterocycles. The second-order valence-electron chi connectivity index (χ2n) is 8.24. The van der Waals surface area contributed by atoms with Gasteiger partial charge in [0.15, 0.2) is 0 Å². The fourth-order valence-electron chi connectivity index (χ4n) is 5.27. The van der Waals surface area contributed by atoms with Gasteiger partial charge in [-0.25, -0.2) is 0 Å². The van der Waals surface area contributed by atoms with Gasteiger partial charge in [-0.15, -0.1) is 0 Å². The minimum atomic E-state index is -0.614. The van der Waals surface area contributed by atoms with Gasteiger partial charge >= 0.3 is 5.97 Å². The standard InChI is InChI=1S/C23H23Cl3O2.C2H6/c1-13-21-20(14-4-3-5-15(24)7-6-14)18(10-11-23(21,2)22(27)28-13)17-9-8-16(25)12-19(17)26;1-2/h5-14,18,20-21H,3-4H2,1-2H3;1-2H3. The van der Waals surface area contributed by atoms with Crippen LogP contribution in [-0.2, 0) is 9.53 Å². The molecule has 0 amide bonds. The van der Waals surface area contributed by atoms with E-state index in [2.05, 4.69) is 18.2 Å². The number of hydrogen-bond donors (Lipinski definition) is 0. The molecule has 30 heavy (non-hydrogen) atoms. The molecular weight excluding hydrogens is 439 g/mol. The summed E-state index contributed by atoms with van der Waals surface area (Å²) in [7, 11) is 0. The van der Waals surface area contributed by atoms with Gasteiger partial charge in [0.2, 0.25) is 0 Å². The molecule has 5 heteroatoms. The van der Waals surface area contributed by atoms with Crippen molar-refractivity contribution in [3.05, 3.63) is 69.2 Å². The normalized spacial score (nSPS) is 35.0. The number of hydrogen-bond acceptors (Lipinski definition) is 2. The third kappa shape index (κ3) is 4.24. The molecule has 6 unspecified atom stereocenters. The number of allylic oxidation sites excluding steroid dienone is 5. The Morgan fingerprint density at radius 1 is 1.13 bits per heavy atom. The average molecular weight is 468 g/mol. The van der Waals surface area contributed by atoms with Crippen molar-refractivity contribution in [1.29, 1.82) is 0 Å². The van der Waals surface area contributed by atoms with Crippen LogP contribution in [0.1, 0.15) is 52.0 Å². The van der Waals surface area contributed by atoms with E-state index in [1.54, 1.807) is 6.07 Å². The number of carbonyl (C=O) groups excluding carboxylic acids is 1. The summed E-state index contributed by atoms with van der Waals surface area (Å²) in [4.78, 5) is 12.7. The molecule has 162 valence electrons. The molecule has 1 aromatic rings. The van der Waals surface area contributed by atoms with Gasteiger partial charge < -0.3 is 4.74 Å². The van der Waals surface area contributed by atoms with Gasteiger partial charge in [0.05, 0.1) is 5.41 Å². The molecule has 0 spiro atoms. The van der Waals surface area contributed by atoms with Crippen molar-refractivity contribution in [2.75, 3.05) is 0 Å². The zero-order chi connectivity index (χ0) is 22.1. The Balaban J connectivity index is 0.00000124. The van der Waals surface area contributed by atoms with Crippen LogP contribution in [0, 0.1) is 23.2 Å². The summed E-state index contributed by atoms with van der Waals surface area (Å²) in [5.74, 6) is 0.429. The van der Waals surface area contributed by atoms with Crippen molar-refractivity contribution in [3.63, 3.8) is 0 Å². The highest BCUT2D eigenvalue weighted by Crippen LogP contribution is 2.57. The van der Waals surface area contributed by atoms with Crippen LogP contribution >= 0.6 is 34.8 Å². The zero-order valence-electron chi connectivity index (χ0n) is 17.9. The molecule has 0 radical (unpaired) electrons. The second kappa shape index (κ2) is 9.51. The fourth-order valence-corrected chi connectivity index (χ4v) is 5.99. The number of benzene rings is 1. The van der Waals surface area contributed by atoms with Crippen LogP contribution in [0.4, 0.5) is 0 Å². The van der Waals surface area contributed by atoms with E-state index in [4.69, 9.17) is 39.5 Å². The van der Waals surface area contributed by atoms with Gasteiger partial charge in [-0.1, -0.05) is 79.0 Å². The third-order valence-corrected chi connectivity index (χ3v) is 7.41. The smallest absolute Gasteiger partial charge is 0.316 e. The molecule has 4 rings (SSSR count).